The van der Waals surface area contributed by atoms with Gasteiger partial charge in [-0.15, -0.1) is 0 Å². The van der Waals surface area contributed by atoms with Crippen LogP contribution in [0.5, 0.6) is 11.5 Å². The molecule has 2 aromatic carbocycles. The molecule has 9 nitrogen and oxygen atoms in total. The fraction of sp³-hybridized carbons (Fsp3) is 0.348. The van der Waals surface area contributed by atoms with Crippen LogP contribution in [-0.2, 0) is 11.3 Å². The first kappa shape index (κ1) is 23.0. The first-order valence-corrected chi connectivity index (χ1v) is 11.0. The van der Waals surface area contributed by atoms with Crippen molar-refractivity contribution in [2.75, 3.05) is 52.3 Å². The third kappa shape index (κ3) is 5.44. The van der Waals surface area contributed by atoms with Crippen LogP contribution in [0.3, 0.4) is 0 Å². The van der Waals surface area contributed by atoms with Gasteiger partial charge in [0, 0.05) is 32.2 Å². The van der Waals surface area contributed by atoms with Crippen molar-refractivity contribution in [1.29, 1.82) is 0 Å². The Hall–Kier alpha value is -3.14. The van der Waals surface area contributed by atoms with Gasteiger partial charge in [-0.2, -0.15) is 0 Å². The summed E-state index contributed by atoms with van der Waals surface area (Å²) in [6.45, 7) is 3.79. The predicted octanol–water partition coefficient (Wildman–Crippen LogP) is 2.35. The van der Waals surface area contributed by atoms with Crippen molar-refractivity contribution < 1.29 is 14.3 Å². The van der Waals surface area contributed by atoms with Gasteiger partial charge in [-0.05, 0) is 18.2 Å². The summed E-state index contributed by atoms with van der Waals surface area (Å²) >= 11 is 6.11. The Kier molecular flexibility index (Phi) is 7.12. The van der Waals surface area contributed by atoms with E-state index in [1.165, 1.54) is 7.11 Å². The number of aromatic nitrogens is 2. The molecule has 0 spiro atoms. The van der Waals surface area contributed by atoms with E-state index < -0.39 is 0 Å². The van der Waals surface area contributed by atoms with Crippen LogP contribution in [-0.4, -0.2) is 72.6 Å². The third-order valence-electron chi connectivity index (χ3n) is 5.61. The number of carbonyl (C=O) groups excluding carboxylic acids is 1. The maximum absolute atomic E-state index is 12.6. The lowest BCUT2D eigenvalue weighted by Crippen LogP contribution is -2.48. The fourth-order valence-electron chi connectivity index (χ4n) is 3.86. The molecule has 0 aliphatic carbocycles. The number of methoxy groups -OCH3 is 2. The van der Waals surface area contributed by atoms with Crippen molar-refractivity contribution >= 4 is 34.1 Å². The molecule has 2 N–H and O–H groups in total. The number of benzene rings is 2. The van der Waals surface area contributed by atoms with Crippen LogP contribution in [0.15, 0.2) is 41.2 Å². The summed E-state index contributed by atoms with van der Waals surface area (Å²) in [5, 5.41) is 3.82. The van der Waals surface area contributed by atoms with Crippen LogP contribution < -0.4 is 20.3 Å². The van der Waals surface area contributed by atoms with Crippen molar-refractivity contribution in [2.24, 2.45) is 0 Å². The molecular formula is C23H26ClN5O4. The van der Waals surface area contributed by atoms with Gasteiger partial charge in [0.25, 0.3) is 5.56 Å². The van der Waals surface area contributed by atoms with Crippen molar-refractivity contribution in [3.05, 3.63) is 57.6 Å². The zero-order valence-electron chi connectivity index (χ0n) is 18.6. The minimum atomic E-state index is -0.217. The average Bonchev–Trinajstić information content (AvgIpc) is 2.81. The molecule has 2 heterocycles. The molecule has 0 atom stereocenters. The summed E-state index contributed by atoms with van der Waals surface area (Å²) in [5.74, 6) is 1.50. The number of hydrogen-bond donors (Lipinski definition) is 2. The number of nitrogens with zero attached hydrogens (tertiary/aromatic N) is 3. The predicted molar refractivity (Wildman–Crippen MR) is 127 cm³/mol. The maximum atomic E-state index is 12.6. The summed E-state index contributed by atoms with van der Waals surface area (Å²) in [6.07, 6.45) is 0. The number of hydrogen-bond acceptors (Lipinski definition) is 7. The molecule has 1 aliphatic rings. The molecule has 0 saturated carbocycles. The van der Waals surface area contributed by atoms with Gasteiger partial charge in [-0.1, -0.05) is 23.7 Å². The van der Waals surface area contributed by atoms with E-state index in [2.05, 4.69) is 25.1 Å². The number of fused-ring (bicyclic) bond motifs is 1. The van der Waals surface area contributed by atoms with E-state index in [4.69, 9.17) is 21.1 Å². The summed E-state index contributed by atoms with van der Waals surface area (Å²) in [6, 6.07) is 10.5. The van der Waals surface area contributed by atoms with Crippen LogP contribution in [0.4, 0.5) is 5.69 Å². The van der Waals surface area contributed by atoms with E-state index in [1.807, 2.05) is 12.1 Å². The Bertz CT molecular complexity index is 1210. The molecule has 4 rings (SSSR count). The van der Waals surface area contributed by atoms with Crippen molar-refractivity contribution in [3.8, 4) is 11.5 Å². The second kappa shape index (κ2) is 10.2. The number of H-pyrrole nitrogens is 1. The first-order valence-electron chi connectivity index (χ1n) is 10.6. The molecule has 33 heavy (non-hydrogen) atoms. The number of nitrogens with one attached hydrogen (secondary N) is 2. The molecule has 1 aliphatic heterocycles. The van der Waals surface area contributed by atoms with Gasteiger partial charge in [0.1, 0.15) is 5.82 Å². The van der Waals surface area contributed by atoms with E-state index in [0.29, 0.717) is 52.0 Å². The number of aromatic amines is 1. The van der Waals surface area contributed by atoms with Gasteiger partial charge in [-0.3, -0.25) is 19.4 Å². The minimum absolute atomic E-state index is 0.0959. The number of piperazine rings is 1. The highest BCUT2D eigenvalue weighted by Crippen LogP contribution is 2.30. The molecule has 0 unspecified atom stereocenters. The molecule has 1 fully saturated rings. The Morgan fingerprint density at radius 3 is 2.45 bits per heavy atom. The van der Waals surface area contributed by atoms with Crippen LogP contribution >= 0.6 is 11.6 Å². The largest absolute Gasteiger partial charge is 0.493 e. The van der Waals surface area contributed by atoms with Crippen molar-refractivity contribution in [2.45, 2.75) is 6.54 Å². The number of ether oxygens (including phenoxy) is 2. The monoisotopic (exact) mass is 471 g/mol. The van der Waals surface area contributed by atoms with Crippen molar-refractivity contribution in [3.63, 3.8) is 0 Å². The molecule has 3 aromatic rings. The number of carbonyl (C=O) groups is 1. The minimum Gasteiger partial charge on any atom is -0.493 e. The third-order valence-corrected chi connectivity index (χ3v) is 5.94. The van der Waals surface area contributed by atoms with Crippen molar-refractivity contribution in [1.82, 2.24) is 19.8 Å². The van der Waals surface area contributed by atoms with Gasteiger partial charge >= 0.3 is 0 Å². The standard InChI is InChI=1S/C23H26ClN5O4/c1-32-19-11-15-18(12-20(19)33-2)25-21(27-23(15)31)13-28-7-9-29(10-8-28)14-22(30)26-17-6-4-3-5-16(17)24/h3-6,11-12H,7-10,13-14H2,1-2H3,(H,26,30)(H,25,27,31). The van der Waals surface area contributed by atoms with Gasteiger partial charge in [0.05, 0.1) is 48.9 Å². The normalized spacial score (nSPS) is 14.9. The zero-order chi connectivity index (χ0) is 23.4. The molecule has 0 bridgehead atoms. The molecule has 1 saturated heterocycles. The Morgan fingerprint density at radius 1 is 1.09 bits per heavy atom. The fourth-order valence-corrected chi connectivity index (χ4v) is 4.04. The summed E-state index contributed by atoms with van der Waals surface area (Å²) in [7, 11) is 3.08. The maximum Gasteiger partial charge on any atom is 0.258 e. The number of halogens is 1. The number of anilines is 1. The Balaban J connectivity index is 1.35. The highest BCUT2D eigenvalue weighted by Gasteiger charge is 2.20. The van der Waals surface area contributed by atoms with Gasteiger partial charge < -0.3 is 19.8 Å². The van der Waals surface area contributed by atoms with E-state index in [-0.39, 0.29) is 11.5 Å². The second-order valence-electron chi connectivity index (χ2n) is 7.82. The quantitative estimate of drug-likeness (QED) is 0.545. The molecule has 1 amide bonds. The molecule has 0 radical (unpaired) electrons. The highest BCUT2D eigenvalue weighted by molar-refractivity contribution is 6.33. The van der Waals surface area contributed by atoms with Crippen LogP contribution in [0, 0.1) is 0 Å². The van der Waals surface area contributed by atoms with E-state index in [1.54, 1.807) is 31.4 Å². The van der Waals surface area contributed by atoms with E-state index in [9.17, 15) is 9.59 Å². The van der Waals surface area contributed by atoms with E-state index >= 15 is 0 Å². The van der Waals surface area contributed by atoms with Crippen LogP contribution in [0.1, 0.15) is 5.82 Å². The Labute approximate surface area is 196 Å². The summed E-state index contributed by atoms with van der Waals surface area (Å²) in [4.78, 5) is 36.7. The number of amides is 1. The zero-order valence-corrected chi connectivity index (χ0v) is 19.3. The summed E-state index contributed by atoms with van der Waals surface area (Å²) < 4.78 is 10.6. The molecule has 1 aromatic heterocycles. The van der Waals surface area contributed by atoms with E-state index in [0.717, 1.165) is 26.2 Å². The van der Waals surface area contributed by atoms with Crippen LogP contribution in [0.2, 0.25) is 5.02 Å². The van der Waals surface area contributed by atoms with Crippen LogP contribution in [0.25, 0.3) is 10.9 Å². The lowest BCUT2D eigenvalue weighted by atomic mass is 10.2. The lowest BCUT2D eigenvalue weighted by Gasteiger charge is -2.33. The van der Waals surface area contributed by atoms with Gasteiger partial charge in [-0.25, -0.2) is 4.98 Å². The first-order chi connectivity index (χ1) is 16.0. The number of para-hydroxylation sites is 1. The Morgan fingerprint density at radius 2 is 1.76 bits per heavy atom. The lowest BCUT2D eigenvalue weighted by molar-refractivity contribution is -0.117. The van der Waals surface area contributed by atoms with Gasteiger partial charge in [0.2, 0.25) is 5.91 Å². The molecule has 174 valence electrons. The molecule has 10 heteroatoms. The molecular weight excluding hydrogens is 446 g/mol. The smallest absolute Gasteiger partial charge is 0.258 e. The SMILES string of the molecule is COc1cc2nc(CN3CCN(CC(=O)Nc4ccccc4Cl)CC3)[nH]c(=O)c2cc1OC. The highest BCUT2D eigenvalue weighted by atomic mass is 35.5. The topological polar surface area (TPSA) is 99.8 Å². The number of rotatable bonds is 7. The second-order valence-corrected chi connectivity index (χ2v) is 8.22. The summed E-state index contributed by atoms with van der Waals surface area (Å²) in [5.41, 5.74) is 0.954. The van der Waals surface area contributed by atoms with Gasteiger partial charge in [0.15, 0.2) is 11.5 Å². The average molecular weight is 472 g/mol.